The number of benzene rings is 2. The molecule has 1 fully saturated rings. The van der Waals surface area contributed by atoms with Crippen molar-refractivity contribution in [3.63, 3.8) is 0 Å². The van der Waals surface area contributed by atoms with Crippen LogP contribution in [0.3, 0.4) is 0 Å². The van der Waals surface area contributed by atoms with Gasteiger partial charge in [-0.2, -0.15) is 0 Å². The molecular weight excluding hydrogens is 400 g/mol. The molecule has 8 nitrogen and oxygen atoms in total. The number of Topliss-reactive ketones (excluding diaryl/α,β-unsaturated/α-hetero) is 1. The van der Waals surface area contributed by atoms with Crippen LogP contribution in [0.2, 0.25) is 0 Å². The molecule has 0 bridgehead atoms. The van der Waals surface area contributed by atoms with Crippen molar-refractivity contribution in [1.29, 1.82) is 0 Å². The van der Waals surface area contributed by atoms with Crippen LogP contribution in [0.1, 0.15) is 28.5 Å². The van der Waals surface area contributed by atoms with E-state index in [0.717, 1.165) is 5.56 Å². The van der Waals surface area contributed by atoms with E-state index in [4.69, 9.17) is 4.42 Å². The lowest BCUT2D eigenvalue weighted by atomic mass is 9.94. The molecule has 1 N–H and O–H groups in total. The second-order valence-corrected chi connectivity index (χ2v) is 7.22. The quantitative estimate of drug-likeness (QED) is 0.219. The molecule has 1 amide bonds. The number of aliphatic hydroxyl groups excluding tert-OH is 1. The molecule has 0 unspecified atom stereocenters. The lowest BCUT2D eigenvalue weighted by Crippen LogP contribution is -2.29. The van der Waals surface area contributed by atoms with Crippen LogP contribution >= 0.6 is 0 Å². The maximum atomic E-state index is 13.0. The molecule has 1 aliphatic heterocycles. The molecule has 1 aliphatic rings. The predicted molar refractivity (Wildman–Crippen MR) is 111 cm³/mol. The molecule has 0 spiro atoms. The molecule has 1 saturated heterocycles. The number of ketones is 1. The number of nitrogens with zero attached hydrogens (tertiary/aromatic N) is 2. The number of aryl methyl sites for hydroxylation is 1. The van der Waals surface area contributed by atoms with Crippen molar-refractivity contribution in [2.24, 2.45) is 0 Å². The Hall–Kier alpha value is -4.20. The van der Waals surface area contributed by atoms with Gasteiger partial charge in [-0.1, -0.05) is 42.0 Å². The number of aliphatic hydroxyl groups is 1. The first-order valence-corrected chi connectivity index (χ1v) is 9.49. The molecule has 2 heterocycles. The summed E-state index contributed by atoms with van der Waals surface area (Å²) in [4.78, 5) is 37.8. The molecule has 0 saturated carbocycles. The average molecular weight is 418 g/mol. The summed E-state index contributed by atoms with van der Waals surface area (Å²) in [6.07, 6.45) is 1.45. The van der Waals surface area contributed by atoms with Crippen molar-refractivity contribution in [3.05, 3.63) is 105 Å². The number of likely N-dealkylation sites (tertiary alicyclic amines) is 1. The molecule has 4 rings (SSSR count). The van der Waals surface area contributed by atoms with Gasteiger partial charge in [-0.25, -0.2) is 0 Å². The van der Waals surface area contributed by atoms with Gasteiger partial charge >= 0.3 is 0 Å². The predicted octanol–water partition coefficient (Wildman–Crippen LogP) is 4.12. The summed E-state index contributed by atoms with van der Waals surface area (Å²) in [5.41, 5.74) is 1.37. The smallest absolute Gasteiger partial charge is 0.296 e. The van der Waals surface area contributed by atoms with Crippen molar-refractivity contribution in [3.8, 4) is 0 Å². The fraction of sp³-hybridized carbons (Fsp3) is 0.130. The summed E-state index contributed by atoms with van der Waals surface area (Å²) < 4.78 is 5.33. The number of nitro groups is 1. The number of non-ortho nitro benzene ring substituents is 1. The van der Waals surface area contributed by atoms with Crippen molar-refractivity contribution in [2.45, 2.75) is 19.5 Å². The standard InChI is InChI=1S/C23H18N2O6/c1-14-7-9-15(10-8-14)21(26)19-20(16-4-2-5-17(12-16)25(29)30)24(23(28)22(19)27)13-18-6-3-11-31-18/h2-12,20,26H,13H2,1H3/b21-19+/t20-/m0/s1. The molecule has 1 aromatic heterocycles. The van der Waals surface area contributed by atoms with Gasteiger partial charge in [0.2, 0.25) is 0 Å². The van der Waals surface area contributed by atoms with E-state index < -0.39 is 22.7 Å². The molecule has 3 aromatic rings. The first-order chi connectivity index (χ1) is 14.9. The summed E-state index contributed by atoms with van der Waals surface area (Å²) in [6.45, 7) is 1.85. The maximum absolute atomic E-state index is 13.0. The molecule has 2 aromatic carbocycles. The number of amides is 1. The van der Waals surface area contributed by atoms with E-state index in [0.29, 0.717) is 16.9 Å². The summed E-state index contributed by atoms with van der Waals surface area (Å²) in [5.74, 6) is -1.58. The Balaban J connectivity index is 1.89. The summed E-state index contributed by atoms with van der Waals surface area (Å²) in [5, 5.41) is 22.3. The normalized spacial score (nSPS) is 17.8. The van der Waals surface area contributed by atoms with Gasteiger partial charge in [0.1, 0.15) is 11.5 Å². The van der Waals surface area contributed by atoms with Crippen LogP contribution in [0.4, 0.5) is 5.69 Å². The highest BCUT2D eigenvalue weighted by Crippen LogP contribution is 2.41. The minimum Gasteiger partial charge on any atom is -0.507 e. The van der Waals surface area contributed by atoms with E-state index in [-0.39, 0.29) is 23.6 Å². The average Bonchev–Trinajstić information content (AvgIpc) is 3.36. The van der Waals surface area contributed by atoms with E-state index in [9.17, 15) is 24.8 Å². The topological polar surface area (TPSA) is 114 Å². The number of nitro benzene ring substituents is 1. The van der Waals surface area contributed by atoms with E-state index in [1.807, 2.05) is 6.92 Å². The Kier molecular flexibility index (Phi) is 5.12. The van der Waals surface area contributed by atoms with E-state index in [1.54, 1.807) is 42.5 Å². The van der Waals surface area contributed by atoms with Gasteiger partial charge in [0.05, 0.1) is 29.3 Å². The van der Waals surface area contributed by atoms with Gasteiger partial charge in [0.15, 0.2) is 0 Å². The van der Waals surface area contributed by atoms with Crippen molar-refractivity contribution < 1.29 is 24.0 Å². The summed E-state index contributed by atoms with van der Waals surface area (Å²) >= 11 is 0. The monoisotopic (exact) mass is 418 g/mol. The SMILES string of the molecule is Cc1ccc(/C(O)=C2\C(=O)C(=O)N(Cc3ccco3)[C@H]2c2cccc([N+](=O)[O-])c2)cc1. The summed E-state index contributed by atoms with van der Waals surface area (Å²) in [7, 11) is 0. The van der Waals surface area contributed by atoms with Crippen LogP contribution in [0.15, 0.2) is 76.9 Å². The highest BCUT2D eigenvalue weighted by molar-refractivity contribution is 6.46. The number of hydrogen-bond donors (Lipinski definition) is 1. The lowest BCUT2D eigenvalue weighted by molar-refractivity contribution is -0.384. The number of carbonyl (C=O) groups is 2. The first kappa shape index (κ1) is 20.1. The fourth-order valence-electron chi connectivity index (χ4n) is 3.64. The van der Waals surface area contributed by atoms with Gasteiger partial charge in [0, 0.05) is 17.7 Å². The van der Waals surface area contributed by atoms with Gasteiger partial charge in [-0.3, -0.25) is 19.7 Å². The summed E-state index contributed by atoms with van der Waals surface area (Å²) in [6, 6.07) is 14.8. The largest absolute Gasteiger partial charge is 0.507 e. The Labute approximate surface area is 177 Å². The zero-order valence-electron chi connectivity index (χ0n) is 16.5. The van der Waals surface area contributed by atoms with Crippen molar-refractivity contribution in [2.75, 3.05) is 0 Å². The van der Waals surface area contributed by atoms with E-state index >= 15 is 0 Å². The molecule has 31 heavy (non-hydrogen) atoms. The highest BCUT2D eigenvalue weighted by Gasteiger charge is 2.46. The first-order valence-electron chi connectivity index (χ1n) is 9.49. The van der Waals surface area contributed by atoms with Gasteiger partial charge in [0.25, 0.3) is 17.4 Å². The Bertz CT molecular complexity index is 1200. The van der Waals surface area contributed by atoms with Crippen LogP contribution in [-0.4, -0.2) is 26.6 Å². The van der Waals surface area contributed by atoms with Crippen molar-refractivity contribution in [1.82, 2.24) is 4.90 Å². The third-order valence-corrected chi connectivity index (χ3v) is 5.17. The second kappa shape index (κ2) is 7.91. The van der Waals surface area contributed by atoms with E-state index in [2.05, 4.69) is 0 Å². The van der Waals surface area contributed by atoms with Crippen LogP contribution in [-0.2, 0) is 16.1 Å². The van der Waals surface area contributed by atoms with Crippen LogP contribution < -0.4 is 0 Å². The Morgan fingerprint density at radius 2 is 1.87 bits per heavy atom. The number of furan rings is 1. The van der Waals surface area contributed by atoms with Gasteiger partial charge in [-0.15, -0.1) is 0 Å². The molecular formula is C23H18N2O6. The number of rotatable bonds is 5. The fourth-order valence-corrected chi connectivity index (χ4v) is 3.64. The minimum absolute atomic E-state index is 0.0321. The molecule has 1 atom stereocenters. The molecule has 156 valence electrons. The van der Waals surface area contributed by atoms with Gasteiger partial charge < -0.3 is 14.4 Å². The van der Waals surface area contributed by atoms with Crippen LogP contribution in [0.5, 0.6) is 0 Å². The zero-order chi connectivity index (χ0) is 22.1. The van der Waals surface area contributed by atoms with Crippen LogP contribution in [0, 0.1) is 17.0 Å². The third-order valence-electron chi connectivity index (χ3n) is 5.17. The van der Waals surface area contributed by atoms with Crippen molar-refractivity contribution >= 4 is 23.1 Å². The molecule has 0 radical (unpaired) electrons. The Morgan fingerprint density at radius 3 is 2.52 bits per heavy atom. The van der Waals surface area contributed by atoms with E-state index in [1.165, 1.54) is 29.4 Å². The molecule has 8 heteroatoms. The number of hydrogen-bond acceptors (Lipinski definition) is 6. The number of carbonyl (C=O) groups excluding carboxylic acids is 2. The second-order valence-electron chi connectivity index (χ2n) is 7.22. The zero-order valence-corrected chi connectivity index (χ0v) is 16.5. The van der Waals surface area contributed by atoms with Gasteiger partial charge in [-0.05, 0) is 24.6 Å². The van der Waals surface area contributed by atoms with Crippen LogP contribution in [0.25, 0.3) is 5.76 Å². The highest BCUT2D eigenvalue weighted by atomic mass is 16.6. The molecule has 0 aliphatic carbocycles. The lowest BCUT2D eigenvalue weighted by Gasteiger charge is -2.24. The minimum atomic E-state index is -1.01. The maximum Gasteiger partial charge on any atom is 0.296 e. The Morgan fingerprint density at radius 1 is 1.13 bits per heavy atom. The third kappa shape index (κ3) is 3.71.